The average Bonchev–Trinajstić information content (AvgIpc) is 2.35. The van der Waals surface area contributed by atoms with Crippen LogP contribution in [0, 0.1) is 13.8 Å². The predicted octanol–water partition coefficient (Wildman–Crippen LogP) is 5.44. The number of rotatable bonds is 3. The van der Waals surface area contributed by atoms with Crippen molar-refractivity contribution in [2.75, 3.05) is 5.32 Å². The molecule has 0 saturated heterocycles. The Balaban J connectivity index is 2.06. The van der Waals surface area contributed by atoms with Crippen LogP contribution >= 0.6 is 31.9 Å². The monoisotopic (exact) mass is 367 g/mol. The zero-order valence-electron chi connectivity index (χ0n) is 10.4. The van der Waals surface area contributed by atoms with Crippen molar-refractivity contribution in [2.45, 2.75) is 20.4 Å². The second-order valence-corrected chi connectivity index (χ2v) is 6.11. The van der Waals surface area contributed by atoms with Crippen molar-refractivity contribution in [2.24, 2.45) is 0 Å². The first-order valence-corrected chi connectivity index (χ1v) is 7.40. The number of benzene rings is 2. The second-order valence-electron chi connectivity index (χ2n) is 4.40. The fourth-order valence-electron chi connectivity index (χ4n) is 1.71. The maximum absolute atomic E-state index is 3.56. The molecule has 1 nitrogen and oxygen atoms in total. The van der Waals surface area contributed by atoms with E-state index in [1.165, 1.54) is 16.7 Å². The van der Waals surface area contributed by atoms with Crippen LogP contribution in [0.4, 0.5) is 5.69 Å². The van der Waals surface area contributed by atoms with Crippen molar-refractivity contribution in [1.29, 1.82) is 0 Å². The van der Waals surface area contributed by atoms with Gasteiger partial charge in [-0.2, -0.15) is 0 Å². The number of hydrogen-bond acceptors (Lipinski definition) is 1. The third kappa shape index (κ3) is 3.36. The molecule has 2 aromatic rings. The third-order valence-corrected chi connectivity index (χ3v) is 4.63. The van der Waals surface area contributed by atoms with Crippen molar-refractivity contribution >= 4 is 37.5 Å². The molecule has 0 bridgehead atoms. The summed E-state index contributed by atoms with van der Waals surface area (Å²) < 4.78 is 2.31. The van der Waals surface area contributed by atoms with Crippen LogP contribution in [0.25, 0.3) is 0 Å². The van der Waals surface area contributed by atoms with Gasteiger partial charge < -0.3 is 5.32 Å². The molecule has 1 N–H and O–H groups in total. The highest BCUT2D eigenvalue weighted by molar-refractivity contribution is 9.10. The highest BCUT2D eigenvalue weighted by Crippen LogP contribution is 2.21. The molecule has 3 heteroatoms. The van der Waals surface area contributed by atoms with E-state index in [1.54, 1.807) is 0 Å². The minimum Gasteiger partial charge on any atom is -0.381 e. The summed E-state index contributed by atoms with van der Waals surface area (Å²) in [4.78, 5) is 0. The maximum atomic E-state index is 3.56. The molecule has 0 spiro atoms. The molecule has 2 aromatic carbocycles. The Hall–Kier alpha value is -0.800. The van der Waals surface area contributed by atoms with E-state index >= 15 is 0 Å². The van der Waals surface area contributed by atoms with Gasteiger partial charge in [-0.15, -0.1) is 0 Å². The summed E-state index contributed by atoms with van der Waals surface area (Å²) in [6.45, 7) is 5.02. The Morgan fingerprint density at radius 1 is 0.889 bits per heavy atom. The largest absolute Gasteiger partial charge is 0.381 e. The van der Waals surface area contributed by atoms with Crippen molar-refractivity contribution in [3.05, 3.63) is 62.0 Å². The van der Waals surface area contributed by atoms with E-state index < -0.39 is 0 Å². The van der Waals surface area contributed by atoms with Gasteiger partial charge in [0.1, 0.15) is 0 Å². The Labute approximate surface area is 125 Å². The molecular formula is C15H15Br2N. The summed E-state index contributed by atoms with van der Waals surface area (Å²) in [5, 5.41) is 3.43. The third-order valence-electron chi connectivity index (χ3n) is 2.89. The summed E-state index contributed by atoms with van der Waals surface area (Å²) in [6, 6.07) is 12.7. The molecule has 0 atom stereocenters. The minimum atomic E-state index is 0.833. The van der Waals surface area contributed by atoms with Crippen LogP contribution in [-0.4, -0.2) is 0 Å². The molecule has 0 saturated carbocycles. The summed E-state index contributed by atoms with van der Waals surface area (Å²) in [5.74, 6) is 0. The van der Waals surface area contributed by atoms with E-state index in [2.05, 4.69) is 87.4 Å². The standard InChI is InChI=1S/C15H15Br2N/c1-10-3-4-12(8-15(10)17)9-18-13-5-6-14(16)11(2)7-13/h3-8,18H,9H2,1-2H3. The molecule has 0 aromatic heterocycles. The van der Waals surface area contributed by atoms with Gasteiger partial charge in [-0.25, -0.2) is 0 Å². The highest BCUT2D eigenvalue weighted by atomic mass is 79.9. The quantitative estimate of drug-likeness (QED) is 0.760. The lowest BCUT2D eigenvalue weighted by molar-refractivity contribution is 1.14. The van der Waals surface area contributed by atoms with Gasteiger partial charge in [0.05, 0.1) is 0 Å². The number of halogens is 2. The first kappa shape index (κ1) is 13.6. The molecule has 0 heterocycles. The molecule has 18 heavy (non-hydrogen) atoms. The van der Waals surface area contributed by atoms with Gasteiger partial charge in [-0.3, -0.25) is 0 Å². The summed E-state index contributed by atoms with van der Waals surface area (Å²) >= 11 is 7.07. The number of hydrogen-bond donors (Lipinski definition) is 1. The Kier molecular flexibility index (Phi) is 4.46. The molecule has 94 valence electrons. The predicted molar refractivity (Wildman–Crippen MR) is 85.1 cm³/mol. The summed E-state index contributed by atoms with van der Waals surface area (Å²) in [7, 11) is 0. The van der Waals surface area contributed by atoms with Crippen LogP contribution in [-0.2, 0) is 6.54 Å². The van der Waals surface area contributed by atoms with Gasteiger partial charge in [0, 0.05) is 21.2 Å². The molecular weight excluding hydrogens is 354 g/mol. The fourth-order valence-corrected chi connectivity index (χ4v) is 2.38. The summed E-state index contributed by atoms with van der Waals surface area (Å²) in [5.41, 5.74) is 4.92. The van der Waals surface area contributed by atoms with E-state index in [-0.39, 0.29) is 0 Å². The Bertz CT molecular complexity index is 513. The molecule has 2 rings (SSSR count). The van der Waals surface area contributed by atoms with Crippen molar-refractivity contribution in [3.63, 3.8) is 0 Å². The fraction of sp³-hybridized carbons (Fsp3) is 0.200. The van der Waals surface area contributed by atoms with E-state index in [0.29, 0.717) is 0 Å². The number of anilines is 1. The lowest BCUT2D eigenvalue weighted by Crippen LogP contribution is -1.99. The van der Waals surface area contributed by atoms with E-state index in [0.717, 1.165) is 21.2 Å². The normalized spacial score (nSPS) is 10.4. The Morgan fingerprint density at radius 2 is 1.67 bits per heavy atom. The van der Waals surface area contributed by atoms with Crippen LogP contribution in [0.2, 0.25) is 0 Å². The first-order chi connectivity index (χ1) is 8.56. The van der Waals surface area contributed by atoms with Crippen LogP contribution in [0.3, 0.4) is 0 Å². The van der Waals surface area contributed by atoms with Gasteiger partial charge >= 0.3 is 0 Å². The van der Waals surface area contributed by atoms with Gasteiger partial charge in [-0.1, -0.05) is 44.0 Å². The zero-order chi connectivity index (χ0) is 13.1. The van der Waals surface area contributed by atoms with E-state index in [1.807, 2.05) is 0 Å². The molecule has 0 unspecified atom stereocenters. The van der Waals surface area contributed by atoms with Crippen LogP contribution in [0.15, 0.2) is 45.3 Å². The SMILES string of the molecule is Cc1cc(NCc2ccc(C)c(Br)c2)ccc1Br. The zero-order valence-corrected chi connectivity index (χ0v) is 13.6. The van der Waals surface area contributed by atoms with E-state index in [4.69, 9.17) is 0 Å². The number of aryl methyl sites for hydroxylation is 2. The average molecular weight is 369 g/mol. The lowest BCUT2D eigenvalue weighted by Gasteiger charge is -2.09. The molecule has 0 aliphatic rings. The van der Waals surface area contributed by atoms with E-state index in [9.17, 15) is 0 Å². The van der Waals surface area contributed by atoms with Crippen LogP contribution in [0.5, 0.6) is 0 Å². The minimum absolute atomic E-state index is 0.833. The van der Waals surface area contributed by atoms with Crippen molar-refractivity contribution < 1.29 is 0 Å². The summed E-state index contributed by atoms with van der Waals surface area (Å²) in [6.07, 6.45) is 0. The van der Waals surface area contributed by atoms with Crippen LogP contribution < -0.4 is 5.32 Å². The maximum Gasteiger partial charge on any atom is 0.0401 e. The van der Waals surface area contributed by atoms with Crippen molar-refractivity contribution in [1.82, 2.24) is 0 Å². The second kappa shape index (κ2) is 5.89. The lowest BCUT2D eigenvalue weighted by atomic mass is 10.1. The Morgan fingerprint density at radius 3 is 2.33 bits per heavy atom. The van der Waals surface area contributed by atoms with Crippen LogP contribution in [0.1, 0.15) is 16.7 Å². The smallest absolute Gasteiger partial charge is 0.0401 e. The van der Waals surface area contributed by atoms with Gasteiger partial charge in [0.25, 0.3) is 0 Å². The molecule has 0 aliphatic carbocycles. The molecule has 0 aliphatic heterocycles. The van der Waals surface area contributed by atoms with Gasteiger partial charge in [0.15, 0.2) is 0 Å². The first-order valence-electron chi connectivity index (χ1n) is 5.81. The molecule has 0 amide bonds. The molecule has 0 fully saturated rings. The van der Waals surface area contributed by atoms with Crippen molar-refractivity contribution in [3.8, 4) is 0 Å². The topological polar surface area (TPSA) is 12.0 Å². The highest BCUT2D eigenvalue weighted by Gasteiger charge is 1.99. The molecule has 0 radical (unpaired) electrons. The van der Waals surface area contributed by atoms with Gasteiger partial charge in [-0.05, 0) is 54.8 Å². The van der Waals surface area contributed by atoms with Gasteiger partial charge in [0.2, 0.25) is 0 Å². The number of nitrogens with one attached hydrogen (secondary N) is 1.